The number of rotatable bonds is 5. The van der Waals surface area contributed by atoms with Crippen LogP contribution in [0.15, 0.2) is 65.8 Å². The van der Waals surface area contributed by atoms with Crippen molar-refractivity contribution in [1.29, 1.82) is 0 Å². The lowest BCUT2D eigenvalue weighted by atomic mass is 9.86. The van der Waals surface area contributed by atoms with Crippen LogP contribution in [0.1, 0.15) is 10.4 Å². The fourth-order valence-electron chi connectivity index (χ4n) is 4.76. The standard InChI is InChI=1S/C22H15N5O7/c28-20(12-3-1-4-15(11-12)27(33)34)19-18-17(16-5-2-10-23-25(16)19)21(29)24(22(18)30)13-6-8-14(9-7-13)26(31)32/h1-11,16-19H/t16-,17-,18-,19+/m1/s1. The maximum Gasteiger partial charge on any atom is 0.270 e. The molecule has 3 aliphatic heterocycles. The zero-order valence-electron chi connectivity index (χ0n) is 17.3. The summed E-state index contributed by atoms with van der Waals surface area (Å²) in [5.41, 5.74) is -0.290. The molecule has 12 heteroatoms. The normalized spacial score (nSPS) is 24.8. The Morgan fingerprint density at radius 3 is 2.26 bits per heavy atom. The molecule has 12 nitrogen and oxygen atoms in total. The predicted molar refractivity (Wildman–Crippen MR) is 117 cm³/mol. The summed E-state index contributed by atoms with van der Waals surface area (Å²) in [7, 11) is 0. The van der Waals surface area contributed by atoms with Crippen LogP contribution in [0.4, 0.5) is 17.1 Å². The quantitative estimate of drug-likeness (QED) is 0.284. The van der Waals surface area contributed by atoms with Crippen LogP contribution in [0, 0.1) is 32.1 Å². The van der Waals surface area contributed by atoms with E-state index in [9.17, 15) is 34.6 Å². The van der Waals surface area contributed by atoms with E-state index in [0.29, 0.717) is 0 Å². The van der Waals surface area contributed by atoms with Crippen LogP contribution < -0.4 is 4.90 Å². The Bertz CT molecular complexity index is 1320. The molecule has 2 saturated heterocycles. The monoisotopic (exact) mass is 461 g/mol. The van der Waals surface area contributed by atoms with E-state index in [1.165, 1.54) is 53.7 Å². The van der Waals surface area contributed by atoms with Crippen LogP contribution in [0.3, 0.4) is 0 Å². The smallest absolute Gasteiger partial charge is 0.270 e. The van der Waals surface area contributed by atoms with Crippen LogP contribution in [-0.4, -0.2) is 50.8 Å². The number of fused-ring (bicyclic) bond motifs is 3. The van der Waals surface area contributed by atoms with Gasteiger partial charge in [-0.3, -0.25) is 39.6 Å². The first kappa shape index (κ1) is 21.1. The van der Waals surface area contributed by atoms with Gasteiger partial charge in [0.25, 0.3) is 11.4 Å². The van der Waals surface area contributed by atoms with Crippen LogP contribution in [0.2, 0.25) is 0 Å². The van der Waals surface area contributed by atoms with E-state index in [1.54, 1.807) is 12.2 Å². The van der Waals surface area contributed by atoms with Crippen LogP contribution in [-0.2, 0) is 9.59 Å². The number of nitro benzene ring substituents is 2. The van der Waals surface area contributed by atoms with Gasteiger partial charge in [0.1, 0.15) is 6.04 Å². The number of imide groups is 1. The number of ketones is 1. The van der Waals surface area contributed by atoms with Crippen molar-refractivity contribution in [2.24, 2.45) is 16.9 Å². The van der Waals surface area contributed by atoms with E-state index in [0.717, 1.165) is 11.0 Å². The summed E-state index contributed by atoms with van der Waals surface area (Å²) < 4.78 is 0. The Morgan fingerprint density at radius 1 is 0.912 bits per heavy atom. The molecular formula is C22H15N5O7. The van der Waals surface area contributed by atoms with Gasteiger partial charge in [0, 0.05) is 36.0 Å². The summed E-state index contributed by atoms with van der Waals surface area (Å²) in [5, 5.41) is 27.8. The predicted octanol–water partition coefficient (Wildman–Crippen LogP) is 2.10. The Hall–Kier alpha value is -4.74. The van der Waals surface area contributed by atoms with Gasteiger partial charge in [-0.05, 0) is 18.2 Å². The molecule has 0 aliphatic carbocycles. The van der Waals surface area contributed by atoms with E-state index >= 15 is 0 Å². The van der Waals surface area contributed by atoms with E-state index in [1.807, 2.05) is 0 Å². The molecule has 4 atom stereocenters. The number of benzene rings is 2. The van der Waals surface area contributed by atoms with E-state index in [2.05, 4.69) is 5.10 Å². The number of anilines is 1. The number of Topliss-reactive ketones (excluding diaryl/α,β-unsaturated/α-hetero) is 1. The van der Waals surface area contributed by atoms with Gasteiger partial charge < -0.3 is 0 Å². The summed E-state index contributed by atoms with van der Waals surface area (Å²) in [6.45, 7) is 0. The molecule has 0 unspecified atom stereocenters. The molecule has 0 aromatic heterocycles. The van der Waals surface area contributed by atoms with Crippen LogP contribution in [0.5, 0.6) is 0 Å². The topological polar surface area (TPSA) is 156 Å². The third kappa shape index (κ3) is 3.07. The van der Waals surface area contributed by atoms with Crippen molar-refractivity contribution in [2.75, 3.05) is 4.90 Å². The average molecular weight is 461 g/mol. The lowest BCUT2D eigenvalue weighted by Gasteiger charge is -2.30. The van der Waals surface area contributed by atoms with Crippen LogP contribution in [0.25, 0.3) is 0 Å². The van der Waals surface area contributed by atoms with Crippen LogP contribution >= 0.6 is 0 Å². The summed E-state index contributed by atoms with van der Waals surface area (Å²) in [6, 6.07) is 8.33. The number of hydrogen-bond acceptors (Lipinski definition) is 9. The molecule has 0 radical (unpaired) electrons. The van der Waals surface area contributed by atoms with Gasteiger partial charge in [0.2, 0.25) is 11.8 Å². The first-order valence-electron chi connectivity index (χ1n) is 10.2. The molecule has 2 amide bonds. The van der Waals surface area contributed by atoms with Crippen molar-refractivity contribution < 1.29 is 24.2 Å². The second-order valence-corrected chi connectivity index (χ2v) is 7.97. The number of nitrogens with zero attached hydrogens (tertiary/aromatic N) is 5. The van der Waals surface area contributed by atoms with Gasteiger partial charge in [0.05, 0.1) is 33.4 Å². The number of carbonyl (C=O) groups excluding carboxylic acids is 3. The fourth-order valence-corrected chi connectivity index (χ4v) is 4.76. The van der Waals surface area contributed by atoms with Crippen molar-refractivity contribution >= 4 is 40.9 Å². The molecule has 2 fully saturated rings. The Morgan fingerprint density at radius 2 is 1.59 bits per heavy atom. The number of allylic oxidation sites excluding steroid dienone is 1. The maximum atomic E-state index is 13.5. The zero-order chi connectivity index (χ0) is 24.1. The average Bonchev–Trinajstić information content (AvgIpc) is 3.31. The molecule has 2 aromatic carbocycles. The third-order valence-corrected chi connectivity index (χ3v) is 6.22. The number of amides is 2. The number of non-ortho nitro benzene ring substituents is 2. The molecule has 3 heterocycles. The minimum Gasteiger partial charge on any atom is -0.292 e. The van der Waals surface area contributed by atoms with Crippen molar-refractivity contribution in [3.63, 3.8) is 0 Å². The molecule has 5 rings (SSSR count). The van der Waals surface area contributed by atoms with Crippen molar-refractivity contribution in [3.8, 4) is 0 Å². The first-order valence-corrected chi connectivity index (χ1v) is 10.2. The largest absolute Gasteiger partial charge is 0.292 e. The maximum absolute atomic E-state index is 13.5. The van der Waals surface area contributed by atoms with E-state index in [4.69, 9.17) is 0 Å². The van der Waals surface area contributed by atoms with Gasteiger partial charge in [-0.2, -0.15) is 5.10 Å². The molecule has 3 aliphatic rings. The van der Waals surface area contributed by atoms with Gasteiger partial charge in [-0.15, -0.1) is 0 Å². The molecule has 0 saturated carbocycles. The van der Waals surface area contributed by atoms with Crippen molar-refractivity contribution in [2.45, 2.75) is 12.1 Å². The highest BCUT2D eigenvalue weighted by Gasteiger charge is 2.64. The lowest BCUT2D eigenvalue weighted by Crippen LogP contribution is -2.46. The molecular weight excluding hydrogens is 446 g/mol. The van der Waals surface area contributed by atoms with E-state index in [-0.39, 0.29) is 22.6 Å². The minimum absolute atomic E-state index is 0.0254. The highest BCUT2D eigenvalue weighted by molar-refractivity contribution is 6.24. The molecule has 0 N–H and O–H groups in total. The summed E-state index contributed by atoms with van der Waals surface area (Å²) in [6.07, 6.45) is 4.73. The van der Waals surface area contributed by atoms with Gasteiger partial charge in [-0.25, -0.2) is 4.90 Å². The molecule has 34 heavy (non-hydrogen) atoms. The fraction of sp³-hybridized carbons (Fsp3) is 0.182. The molecule has 0 spiro atoms. The Balaban J connectivity index is 1.55. The zero-order valence-corrected chi connectivity index (χ0v) is 17.3. The first-order chi connectivity index (χ1) is 16.3. The molecule has 170 valence electrons. The van der Waals surface area contributed by atoms with Crippen molar-refractivity contribution in [1.82, 2.24) is 5.01 Å². The number of carbonyl (C=O) groups is 3. The van der Waals surface area contributed by atoms with Crippen molar-refractivity contribution in [3.05, 3.63) is 86.5 Å². The summed E-state index contributed by atoms with van der Waals surface area (Å²) >= 11 is 0. The lowest BCUT2D eigenvalue weighted by molar-refractivity contribution is -0.385. The highest BCUT2D eigenvalue weighted by Crippen LogP contribution is 2.46. The molecule has 2 aromatic rings. The van der Waals surface area contributed by atoms with E-state index < -0.39 is 51.4 Å². The Labute approximate surface area is 191 Å². The molecule has 0 bridgehead atoms. The SMILES string of the molecule is O=C(c1cccc([N+](=O)[O-])c1)[C@@H]1[C@@H]2C(=O)N(c3ccc([N+](=O)[O-])cc3)C(=O)[C@@H]2[C@H]2C=CC=NN21. The second-order valence-electron chi connectivity index (χ2n) is 7.97. The van der Waals surface area contributed by atoms with Gasteiger partial charge in [0.15, 0.2) is 5.78 Å². The summed E-state index contributed by atoms with van der Waals surface area (Å²) in [5.74, 6) is -3.75. The Kier molecular flexibility index (Phi) is 4.78. The number of hydrazone groups is 1. The summed E-state index contributed by atoms with van der Waals surface area (Å²) in [4.78, 5) is 62.2. The minimum atomic E-state index is -1.15. The van der Waals surface area contributed by atoms with Gasteiger partial charge in [-0.1, -0.05) is 18.2 Å². The number of hydrogen-bond donors (Lipinski definition) is 0. The number of nitro groups is 2. The second kappa shape index (κ2) is 7.69. The highest BCUT2D eigenvalue weighted by atomic mass is 16.6. The third-order valence-electron chi connectivity index (χ3n) is 6.22. The van der Waals surface area contributed by atoms with Gasteiger partial charge >= 0.3 is 0 Å².